The summed E-state index contributed by atoms with van der Waals surface area (Å²) in [5, 5.41) is 4.43. The van der Waals surface area contributed by atoms with Crippen molar-refractivity contribution in [3.63, 3.8) is 0 Å². The van der Waals surface area contributed by atoms with Crippen molar-refractivity contribution in [1.29, 1.82) is 0 Å². The van der Waals surface area contributed by atoms with Crippen LogP contribution in [-0.2, 0) is 11.3 Å². The number of hydrogen-bond donors (Lipinski definition) is 1. The number of ether oxygens (including phenoxy) is 1. The van der Waals surface area contributed by atoms with Crippen LogP contribution in [0.25, 0.3) is 5.69 Å². The maximum atomic E-state index is 12.5. The van der Waals surface area contributed by atoms with Crippen LogP contribution in [-0.4, -0.2) is 21.7 Å². The Labute approximate surface area is 151 Å². The van der Waals surface area contributed by atoms with Gasteiger partial charge in [-0.1, -0.05) is 30.3 Å². The summed E-state index contributed by atoms with van der Waals surface area (Å²) in [4.78, 5) is 23.7. The largest absolute Gasteiger partial charge is 0.457 e. The molecule has 1 amide bonds. The summed E-state index contributed by atoms with van der Waals surface area (Å²) in [6, 6.07) is 16.2. The first-order valence-corrected chi connectivity index (χ1v) is 8.15. The molecule has 0 aliphatic carbocycles. The van der Waals surface area contributed by atoms with Crippen molar-refractivity contribution in [2.45, 2.75) is 20.5 Å². The number of benzene rings is 2. The van der Waals surface area contributed by atoms with E-state index in [1.54, 1.807) is 42.8 Å². The number of rotatable bonds is 5. The minimum atomic E-state index is -0.491. The summed E-state index contributed by atoms with van der Waals surface area (Å²) in [5.74, 6) is -0.904. The van der Waals surface area contributed by atoms with Gasteiger partial charge in [0.05, 0.1) is 17.1 Å². The summed E-state index contributed by atoms with van der Waals surface area (Å²) in [7, 11) is 0. The normalized spacial score (nSPS) is 10.5. The molecule has 0 radical (unpaired) electrons. The van der Waals surface area contributed by atoms with E-state index in [0.717, 1.165) is 11.3 Å². The average molecular weight is 349 g/mol. The van der Waals surface area contributed by atoms with E-state index in [9.17, 15) is 9.59 Å². The van der Waals surface area contributed by atoms with Gasteiger partial charge in [-0.3, -0.25) is 4.79 Å². The van der Waals surface area contributed by atoms with E-state index < -0.39 is 11.9 Å². The van der Waals surface area contributed by atoms with E-state index >= 15 is 0 Å². The number of primary amides is 1. The van der Waals surface area contributed by atoms with Crippen molar-refractivity contribution in [2.75, 3.05) is 0 Å². The Morgan fingerprint density at radius 3 is 2.31 bits per heavy atom. The molecule has 2 aromatic carbocycles. The highest BCUT2D eigenvalue weighted by Crippen LogP contribution is 2.20. The van der Waals surface area contributed by atoms with E-state index in [-0.39, 0.29) is 6.61 Å². The number of aryl methyl sites for hydroxylation is 1. The number of nitrogens with two attached hydrogens (primary N) is 1. The zero-order chi connectivity index (χ0) is 18.7. The van der Waals surface area contributed by atoms with Gasteiger partial charge in [-0.25, -0.2) is 9.48 Å². The van der Waals surface area contributed by atoms with Crippen LogP contribution in [0.1, 0.15) is 37.7 Å². The van der Waals surface area contributed by atoms with Crippen molar-refractivity contribution in [2.24, 2.45) is 5.73 Å². The zero-order valence-electron chi connectivity index (χ0n) is 14.6. The Morgan fingerprint density at radius 1 is 1.04 bits per heavy atom. The molecule has 0 bridgehead atoms. The fourth-order valence-electron chi connectivity index (χ4n) is 2.75. The van der Waals surface area contributed by atoms with Crippen molar-refractivity contribution in [3.8, 4) is 5.69 Å². The Bertz CT molecular complexity index is 944. The summed E-state index contributed by atoms with van der Waals surface area (Å²) < 4.78 is 7.07. The van der Waals surface area contributed by atoms with Crippen molar-refractivity contribution < 1.29 is 14.3 Å². The number of carbonyl (C=O) groups is 2. The number of aromatic nitrogens is 2. The van der Waals surface area contributed by atoms with Crippen LogP contribution in [0.15, 0.2) is 54.6 Å². The molecule has 3 aromatic rings. The first kappa shape index (κ1) is 17.4. The van der Waals surface area contributed by atoms with Gasteiger partial charge < -0.3 is 10.5 Å². The predicted molar refractivity (Wildman–Crippen MR) is 97.1 cm³/mol. The van der Waals surface area contributed by atoms with Gasteiger partial charge in [-0.2, -0.15) is 5.10 Å². The third-order valence-corrected chi connectivity index (χ3v) is 4.10. The van der Waals surface area contributed by atoms with Gasteiger partial charge in [0.2, 0.25) is 5.91 Å². The van der Waals surface area contributed by atoms with Crippen LogP contribution in [0.2, 0.25) is 0 Å². The van der Waals surface area contributed by atoms with Crippen LogP contribution in [0.4, 0.5) is 0 Å². The molecule has 26 heavy (non-hydrogen) atoms. The van der Waals surface area contributed by atoms with Gasteiger partial charge >= 0.3 is 5.97 Å². The van der Waals surface area contributed by atoms with Crippen LogP contribution >= 0.6 is 0 Å². The second-order valence-electron chi connectivity index (χ2n) is 5.93. The fraction of sp³-hybridized carbons (Fsp3) is 0.150. The summed E-state index contributed by atoms with van der Waals surface area (Å²) in [5.41, 5.74) is 9.03. The van der Waals surface area contributed by atoms with Gasteiger partial charge in [-0.15, -0.1) is 0 Å². The van der Waals surface area contributed by atoms with E-state index in [4.69, 9.17) is 10.5 Å². The van der Waals surface area contributed by atoms with E-state index in [0.29, 0.717) is 22.5 Å². The molecular weight excluding hydrogens is 330 g/mol. The number of carbonyl (C=O) groups excluding carboxylic acids is 2. The molecule has 1 aromatic heterocycles. The minimum Gasteiger partial charge on any atom is -0.457 e. The molecule has 0 spiro atoms. The molecule has 0 aliphatic rings. The van der Waals surface area contributed by atoms with Gasteiger partial charge in [0.25, 0.3) is 0 Å². The standard InChI is InChI=1S/C20H19N3O3/c1-13-18(20(25)26-12-15-6-4-3-5-7-15)14(2)23(22-13)17-10-8-16(9-11-17)19(21)24/h3-11H,12H2,1-2H3,(H2,21,24). The summed E-state index contributed by atoms with van der Waals surface area (Å²) >= 11 is 0. The van der Waals surface area contributed by atoms with E-state index in [2.05, 4.69) is 5.10 Å². The molecular formula is C20H19N3O3. The van der Waals surface area contributed by atoms with Crippen LogP contribution in [0, 0.1) is 13.8 Å². The molecule has 0 atom stereocenters. The second kappa shape index (κ2) is 7.23. The SMILES string of the molecule is Cc1nn(-c2ccc(C(N)=O)cc2)c(C)c1C(=O)OCc1ccccc1. The maximum absolute atomic E-state index is 12.5. The van der Waals surface area contributed by atoms with Crippen molar-refractivity contribution >= 4 is 11.9 Å². The number of hydrogen-bond acceptors (Lipinski definition) is 4. The third-order valence-electron chi connectivity index (χ3n) is 4.10. The molecule has 0 saturated heterocycles. The van der Waals surface area contributed by atoms with Gasteiger partial charge in [0.15, 0.2) is 0 Å². The highest BCUT2D eigenvalue weighted by molar-refractivity contribution is 5.93. The molecule has 6 nitrogen and oxygen atoms in total. The fourth-order valence-corrected chi connectivity index (χ4v) is 2.75. The molecule has 2 N–H and O–H groups in total. The van der Waals surface area contributed by atoms with Crippen molar-refractivity contribution in [3.05, 3.63) is 82.7 Å². The van der Waals surface area contributed by atoms with Crippen LogP contribution in [0.3, 0.4) is 0 Å². The molecule has 0 fully saturated rings. The van der Waals surface area contributed by atoms with Crippen molar-refractivity contribution in [1.82, 2.24) is 9.78 Å². The Morgan fingerprint density at radius 2 is 1.69 bits per heavy atom. The predicted octanol–water partition coefficient (Wildman–Crippen LogP) is 2.95. The highest BCUT2D eigenvalue weighted by Gasteiger charge is 2.21. The number of nitrogens with zero attached hydrogens (tertiary/aromatic N) is 2. The lowest BCUT2D eigenvalue weighted by Crippen LogP contribution is -2.11. The zero-order valence-corrected chi connectivity index (χ0v) is 14.6. The Balaban J connectivity index is 1.83. The molecule has 6 heteroatoms. The molecule has 1 heterocycles. The molecule has 0 unspecified atom stereocenters. The average Bonchev–Trinajstić information content (AvgIpc) is 2.95. The smallest absolute Gasteiger partial charge is 0.342 e. The summed E-state index contributed by atoms with van der Waals surface area (Å²) in [6.45, 7) is 3.78. The summed E-state index contributed by atoms with van der Waals surface area (Å²) in [6.07, 6.45) is 0. The third kappa shape index (κ3) is 3.49. The molecule has 0 saturated carbocycles. The lowest BCUT2D eigenvalue weighted by Gasteiger charge is -2.07. The minimum absolute atomic E-state index is 0.205. The monoisotopic (exact) mass is 349 g/mol. The Hall–Kier alpha value is -3.41. The molecule has 132 valence electrons. The lowest BCUT2D eigenvalue weighted by molar-refractivity contribution is 0.0471. The van der Waals surface area contributed by atoms with E-state index in [1.807, 2.05) is 30.3 Å². The van der Waals surface area contributed by atoms with E-state index in [1.165, 1.54) is 0 Å². The topological polar surface area (TPSA) is 87.2 Å². The first-order chi connectivity index (χ1) is 12.5. The van der Waals surface area contributed by atoms with Gasteiger partial charge in [0, 0.05) is 5.56 Å². The second-order valence-corrected chi connectivity index (χ2v) is 5.93. The first-order valence-electron chi connectivity index (χ1n) is 8.15. The quantitative estimate of drug-likeness (QED) is 0.718. The van der Waals surface area contributed by atoms with Crippen LogP contribution < -0.4 is 5.73 Å². The number of esters is 1. The molecule has 3 rings (SSSR count). The molecule has 0 aliphatic heterocycles. The maximum Gasteiger partial charge on any atom is 0.342 e. The highest BCUT2D eigenvalue weighted by atomic mass is 16.5. The van der Waals surface area contributed by atoms with Gasteiger partial charge in [-0.05, 0) is 43.7 Å². The number of amides is 1. The van der Waals surface area contributed by atoms with Gasteiger partial charge in [0.1, 0.15) is 12.2 Å². The lowest BCUT2D eigenvalue weighted by atomic mass is 10.2. The Kier molecular flexibility index (Phi) is 4.84. The van der Waals surface area contributed by atoms with Crippen LogP contribution in [0.5, 0.6) is 0 Å².